The van der Waals surface area contributed by atoms with Crippen molar-refractivity contribution in [1.29, 1.82) is 0 Å². The van der Waals surface area contributed by atoms with Crippen molar-refractivity contribution in [3.05, 3.63) is 27.0 Å². The summed E-state index contributed by atoms with van der Waals surface area (Å²) in [6.07, 6.45) is 1.20. The molecule has 0 radical (unpaired) electrons. The highest BCUT2D eigenvalue weighted by atomic mass is 35.5. The lowest BCUT2D eigenvalue weighted by Crippen LogP contribution is -2.43. The van der Waals surface area contributed by atoms with Crippen LogP contribution in [0.2, 0.25) is 15.1 Å². The van der Waals surface area contributed by atoms with Gasteiger partial charge >= 0.3 is 0 Å². The number of rotatable bonds is 4. The number of hydrogen-bond donors (Lipinski definition) is 3. The van der Waals surface area contributed by atoms with Crippen LogP contribution in [0, 0.1) is 0 Å². The van der Waals surface area contributed by atoms with E-state index < -0.39 is 18.1 Å². The van der Waals surface area contributed by atoms with Gasteiger partial charge in [0, 0.05) is 12.7 Å². The van der Waals surface area contributed by atoms with Crippen molar-refractivity contribution in [2.24, 2.45) is 0 Å². The minimum Gasteiger partial charge on any atom is -0.393 e. The molecule has 0 aromatic carbocycles. The van der Waals surface area contributed by atoms with Crippen molar-refractivity contribution in [3.8, 4) is 0 Å². The zero-order valence-corrected chi connectivity index (χ0v) is 11.6. The van der Waals surface area contributed by atoms with Crippen molar-refractivity contribution in [1.82, 2.24) is 10.3 Å². The molecule has 0 spiro atoms. The molecule has 100 valence electrons. The first-order valence-corrected chi connectivity index (χ1v) is 6.03. The number of hydrogen-bond acceptors (Lipinski definition) is 4. The Bertz CT molecular complexity index is 466. The highest BCUT2D eigenvalue weighted by Gasteiger charge is 2.22. The van der Waals surface area contributed by atoms with Gasteiger partial charge in [0.2, 0.25) is 0 Å². The maximum atomic E-state index is 11.7. The summed E-state index contributed by atoms with van der Waals surface area (Å²) in [5.41, 5.74) is -1.52. The van der Waals surface area contributed by atoms with E-state index in [1.807, 2.05) is 0 Å². The number of carbonyl (C=O) groups excluding carboxylic acids is 1. The molecule has 1 atom stereocenters. The molecule has 0 aliphatic carbocycles. The Morgan fingerprint density at radius 1 is 1.44 bits per heavy atom. The van der Waals surface area contributed by atoms with Gasteiger partial charge in [-0.1, -0.05) is 34.8 Å². The Morgan fingerprint density at radius 3 is 2.61 bits per heavy atom. The Kier molecular flexibility index (Phi) is 5.19. The normalized spacial score (nSPS) is 14.1. The van der Waals surface area contributed by atoms with E-state index in [0.717, 1.165) is 0 Å². The van der Waals surface area contributed by atoms with E-state index in [2.05, 4.69) is 10.3 Å². The number of aliphatic hydroxyl groups excluding tert-OH is 1. The number of aromatic nitrogens is 1. The molecule has 1 amide bonds. The van der Waals surface area contributed by atoms with Crippen LogP contribution >= 0.6 is 34.8 Å². The van der Waals surface area contributed by atoms with Gasteiger partial charge in [0.25, 0.3) is 5.91 Å². The number of amides is 1. The van der Waals surface area contributed by atoms with E-state index >= 15 is 0 Å². The average molecular weight is 314 g/mol. The molecule has 3 N–H and O–H groups in total. The molecule has 1 heterocycles. The van der Waals surface area contributed by atoms with Gasteiger partial charge in [-0.05, 0) is 6.92 Å². The summed E-state index contributed by atoms with van der Waals surface area (Å²) in [7, 11) is 0. The molecule has 0 saturated heterocycles. The van der Waals surface area contributed by atoms with Crippen LogP contribution in [0.3, 0.4) is 0 Å². The van der Waals surface area contributed by atoms with Crippen LogP contribution in [0.1, 0.15) is 17.4 Å². The lowest BCUT2D eigenvalue weighted by molar-refractivity contribution is 0.00316. The predicted molar refractivity (Wildman–Crippen MR) is 69.3 cm³/mol. The Hall–Kier alpha value is -0.590. The second-order valence-corrected chi connectivity index (χ2v) is 5.08. The zero-order valence-electron chi connectivity index (χ0n) is 9.38. The first kappa shape index (κ1) is 15.5. The van der Waals surface area contributed by atoms with Gasteiger partial charge in [0.1, 0.15) is 11.3 Å². The highest BCUT2D eigenvalue weighted by Crippen LogP contribution is 2.30. The van der Waals surface area contributed by atoms with Crippen LogP contribution in [0.4, 0.5) is 0 Å². The van der Waals surface area contributed by atoms with Gasteiger partial charge in [-0.3, -0.25) is 4.79 Å². The lowest BCUT2D eigenvalue weighted by Gasteiger charge is -2.20. The van der Waals surface area contributed by atoms with Crippen LogP contribution in [-0.2, 0) is 0 Å². The fourth-order valence-corrected chi connectivity index (χ4v) is 1.58. The summed E-state index contributed by atoms with van der Waals surface area (Å²) in [6, 6.07) is 0. The van der Waals surface area contributed by atoms with Gasteiger partial charge in [-0.2, -0.15) is 0 Å². The standard InChI is InChI=1S/C10H11Cl3N2O3/c1-10(18,4-16)3-15-9(17)8-7(13)6(12)5(11)2-14-8/h2,16,18H,3-4H2,1H3,(H,15,17). The number of carbonyl (C=O) groups is 1. The third-order valence-corrected chi connectivity index (χ3v) is 3.34. The van der Waals surface area contributed by atoms with Crippen LogP contribution < -0.4 is 5.32 Å². The van der Waals surface area contributed by atoms with Gasteiger partial charge < -0.3 is 15.5 Å². The van der Waals surface area contributed by atoms with Crippen molar-refractivity contribution in [2.75, 3.05) is 13.2 Å². The number of pyridine rings is 1. The predicted octanol–water partition coefficient (Wildman–Crippen LogP) is 1.51. The summed E-state index contributed by atoms with van der Waals surface area (Å²) in [6.45, 7) is 0.730. The van der Waals surface area contributed by atoms with E-state index in [0.29, 0.717) is 0 Å². The molecule has 1 aromatic heterocycles. The number of halogens is 3. The summed E-state index contributed by atoms with van der Waals surface area (Å²) in [5, 5.41) is 20.8. The Labute approximate surface area is 119 Å². The molecule has 1 rings (SSSR count). The third kappa shape index (κ3) is 3.70. The molecule has 1 unspecified atom stereocenters. The summed E-state index contributed by atoms with van der Waals surface area (Å²) in [5.74, 6) is -0.618. The topological polar surface area (TPSA) is 82.5 Å². The summed E-state index contributed by atoms with van der Waals surface area (Å²) >= 11 is 17.3. The van der Waals surface area contributed by atoms with Crippen LogP contribution in [0.5, 0.6) is 0 Å². The van der Waals surface area contributed by atoms with Crippen LogP contribution in [0.15, 0.2) is 6.20 Å². The van der Waals surface area contributed by atoms with Gasteiger partial charge in [-0.25, -0.2) is 4.98 Å². The van der Waals surface area contributed by atoms with Gasteiger partial charge in [0.15, 0.2) is 0 Å². The van der Waals surface area contributed by atoms with E-state index in [-0.39, 0.29) is 27.3 Å². The molecule has 0 saturated carbocycles. The molecule has 8 heteroatoms. The molecule has 0 fully saturated rings. The van der Waals surface area contributed by atoms with Crippen molar-refractivity contribution < 1.29 is 15.0 Å². The first-order chi connectivity index (χ1) is 8.28. The minimum absolute atomic E-state index is 0.0346. The molecule has 0 aliphatic heterocycles. The Morgan fingerprint density at radius 2 is 2.06 bits per heavy atom. The number of nitrogens with one attached hydrogen (secondary N) is 1. The Balaban J connectivity index is 2.83. The number of nitrogens with zero attached hydrogens (tertiary/aromatic N) is 1. The lowest BCUT2D eigenvalue weighted by atomic mass is 10.1. The van der Waals surface area contributed by atoms with E-state index in [1.165, 1.54) is 13.1 Å². The molecule has 0 bridgehead atoms. The first-order valence-electron chi connectivity index (χ1n) is 4.89. The third-order valence-electron chi connectivity index (χ3n) is 2.10. The zero-order chi connectivity index (χ0) is 13.9. The van der Waals surface area contributed by atoms with Crippen molar-refractivity contribution >= 4 is 40.7 Å². The van der Waals surface area contributed by atoms with Gasteiger partial charge in [0.05, 0.1) is 21.7 Å². The van der Waals surface area contributed by atoms with E-state index in [1.54, 1.807) is 0 Å². The highest BCUT2D eigenvalue weighted by molar-refractivity contribution is 6.48. The maximum absolute atomic E-state index is 11.7. The smallest absolute Gasteiger partial charge is 0.271 e. The van der Waals surface area contributed by atoms with Crippen molar-refractivity contribution in [3.63, 3.8) is 0 Å². The van der Waals surface area contributed by atoms with Crippen LogP contribution in [-0.4, -0.2) is 39.9 Å². The minimum atomic E-state index is -1.42. The van der Waals surface area contributed by atoms with E-state index in [4.69, 9.17) is 39.9 Å². The SMILES string of the molecule is CC(O)(CO)CNC(=O)c1ncc(Cl)c(Cl)c1Cl. The largest absolute Gasteiger partial charge is 0.393 e. The molecular weight excluding hydrogens is 302 g/mol. The molecular formula is C10H11Cl3N2O3. The fourth-order valence-electron chi connectivity index (χ4n) is 1.01. The number of aliphatic hydroxyl groups is 2. The fraction of sp³-hybridized carbons (Fsp3) is 0.400. The van der Waals surface area contributed by atoms with Crippen molar-refractivity contribution in [2.45, 2.75) is 12.5 Å². The summed E-state index contributed by atoms with van der Waals surface area (Å²) in [4.78, 5) is 15.5. The van der Waals surface area contributed by atoms with E-state index in [9.17, 15) is 9.90 Å². The van der Waals surface area contributed by atoms with Crippen LogP contribution in [0.25, 0.3) is 0 Å². The summed E-state index contributed by atoms with van der Waals surface area (Å²) < 4.78 is 0. The molecule has 1 aromatic rings. The quantitative estimate of drug-likeness (QED) is 0.787. The second kappa shape index (κ2) is 6.04. The second-order valence-electron chi connectivity index (χ2n) is 3.92. The maximum Gasteiger partial charge on any atom is 0.271 e. The monoisotopic (exact) mass is 312 g/mol. The molecule has 5 nitrogen and oxygen atoms in total. The van der Waals surface area contributed by atoms with Gasteiger partial charge in [-0.15, -0.1) is 0 Å². The molecule has 0 aliphatic rings. The average Bonchev–Trinajstić information content (AvgIpc) is 2.33. The molecule has 18 heavy (non-hydrogen) atoms.